The zero-order chi connectivity index (χ0) is 39.5. The van der Waals surface area contributed by atoms with E-state index < -0.39 is 0 Å². The standard InChI is InChI=1S/C53H54N2O/c1-7-52(5,8-2)38-51(42-19-15-12-16-20-42)44-25-23-43(24-26-44)50(41-17-13-11-14-18-41)37-40-21-29-46(30-22-40)55(48-33-35-49(36-34-48)56-39-54)47-31-27-45(28-32-47)53(6,9-3)10-4/h11-38H,7-10H2,1-6H3. The van der Waals surface area contributed by atoms with Gasteiger partial charge in [-0.2, -0.15) is 0 Å². The zero-order valence-electron chi connectivity index (χ0n) is 33.8. The third kappa shape index (κ3) is 9.05. The van der Waals surface area contributed by atoms with Gasteiger partial charge in [-0.3, -0.25) is 0 Å². The van der Waals surface area contributed by atoms with E-state index >= 15 is 0 Å². The first-order valence-corrected chi connectivity index (χ1v) is 20.1. The van der Waals surface area contributed by atoms with Crippen molar-refractivity contribution in [1.29, 1.82) is 5.26 Å². The van der Waals surface area contributed by atoms with Crippen molar-refractivity contribution in [2.75, 3.05) is 4.90 Å². The number of anilines is 3. The molecule has 0 heterocycles. The van der Waals surface area contributed by atoms with Crippen LogP contribution >= 0.6 is 0 Å². The quantitative estimate of drug-likeness (QED) is 0.0778. The molecule has 0 saturated carbocycles. The molecule has 0 saturated heterocycles. The van der Waals surface area contributed by atoms with Gasteiger partial charge in [0, 0.05) is 17.1 Å². The number of ether oxygens (including phenoxy) is 1. The van der Waals surface area contributed by atoms with Crippen LogP contribution in [0.1, 0.15) is 101 Å². The first kappa shape index (κ1) is 39.6. The van der Waals surface area contributed by atoms with Gasteiger partial charge in [-0.1, -0.05) is 157 Å². The molecule has 56 heavy (non-hydrogen) atoms. The van der Waals surface area contributed by atoms with Crippen molar-refractivity contribution in [2.24, 2.45) is 5.41 Å². The van der Waals surface area contributed by atoms with E-state index in [0.717, 1.165) is 59.4 Å². The fourth-order valence-corrected chi connectivity index (χ4v) is 7.25. The average molecular weight is 735 g/mol. The lowest BCUT2D eigenvalue weighted by molar-refractivity contribution is 0.397. The lowest BCUT2D eigenvalue weighted by Crippen LogP contribution is -2.19. The van der Waals surface area contributed by atoms with Crippen LogP contribution in [-0.4, -0.2) is 0 Å². The van der Waals surface area contributed by atoms with Gasteiger partial charge in [0.1, 0.15) is 5.75 Å². The molecule has 6 aromatic rings. The van der Waals surface area contributed by atoms with Gasteiger partial charge in [-0.05, 0) is 136 Å². The fourth-order valence-electron chi connectivity index (χ4n) is 7.25. The van der Waals surface area contributed by atoms with Crippen LogP contribution in [-0.2, 0) is 5.41 Å². The third-order valence-corrected chi connectivity index (χ3v) is 11.9. The zero-order valence-corrected chi connectivity index (χ0v) is 33.8. The lowest BCUT2D eigenvalue weighted by atomic mass is 9.78. The van der Waals surface area contributed by atoms with Crippen LogP contribution in [0, 0.1) is 16.9 Å². The van der Waals surface area contributed by atoms with Crippen LogP contribution < -0.4 is 9.64 Å². The molecule has 0 unspecified atom stereocenters. The van der Waals surface area contributed by atoms with Crippen molar-refractivity contribution in [1.82, 2.24) is 0 Å². The van der Waals surface area contributed by atoms with Gasteiger partial charge in [0.2, 0.25) is 0 Å². The van der Waals surface area contributed by atoms with Crippen molar-refractivity contribution >= 4 is 34.3 Å². The van der Waals surface area contributed by atoms with E-state index in [0.29, 0.717) is 5.75 Å². The summed E-state index contributed by atoms with van der Waals surface area (Å²) < 4.78 is 5.10. The van der Waals surface area contributed by atoms with Gasteiger partial charge in [-0.25, -0.2) is 0 Å². The maximum absolute atomic E-state index is 9.06. The molecule has 282 valence electrons. The number of hydrogen-bond donors (Lipinski definition) is 0. The minimum absolute atomic E-state index is 0.116. The minimum Gasteiger partial charge on any atom is -0.388 e. The van der Waals surface area contributed by atoms with Crippen molar-refractivity contribution < 1.29 is 4.74 Å². The van der Waals surface area contributed by atoms with Crippen LogP contribution in [0.5, 0.6) is 5.75 Å². The number of hydrogen-bond acceptors (Lipinski definition) is 3. The number of nitriles is 1. The van der Waals surface area contributed by atoms with Gasteiger partial charge in [0.25, 0.3) is 6.26 Å². The molecule has 0 bridgehead atoms. The summed E-state index contributed by atoms with van der Waals surface area (Å²) in [6.45, 7) is 13.8. The van der Waals surface area contributed by atoms with Crippen LogP contribution in [0.25, 0.3) is 17.2 Å². The van der Waals surface area contributed by atoms with Gasteiger partial charge in [0.05, 0.1) is 0 Å². The van der Waals surface area contributed by atoms with Gasteiger partial charge >= 0.3 is 0 Å². The van der Waals surface area contributed by atoms with Crippen molar-refractivity contribution in [3.8, 4) is 12.0 Å². The summed E-state index contributed by atoms with van der Waals surface area (Å²) in [4.78, 5) is 2.25. The molecule has 0 fully saturated rings. The Morgan fingerprint density at radius 2 is 0.964 bits per heavy atom. The Hall–Kier alpha value is -6.11. The summed E-state index contributed by atoms with van der Waals surface area (Å²) in [5.74, 6) is 0.517. The molecule has 0 N–H and O–H groups in total. The van der Waals surface area contributed by atoms with Crippen LogP contribution in [0.2, 0.25) is 0 Å². The van der Waals surface area contributed by atoms with Gasteiger partial charge in [-0.15, -0.1) is 5.26 Å². The van der Waals surface area contributed by atoms with E-state index in [1.807, 2.05) is 24.3 Å². The first-order chi connectivity index (χ1) is 27.2. The second-order valence-electron chi connectivity index (χ2n) is 15.2. The number of rotatable bonds is 15. The van der Waals surface area contributed by atoms with Gasteiger partial charge < -0.3 is 9.64 Å². The Morgan fingerprint density at radius 1 is 0.536 bits per heavy atom. The Labute approximate surface area is 335 Å². The molecule has 0 aliphatic rings. The predicted molar refractivity (Wildman–Crippen MR) is 237 cm³/mol. The SMILES string of the molecule is CCC(C)(C=C(c1ccccc1)c1ccc(C(=Cc2ccc(N(c3ccc(OC#N)cc3)c3ccc(C(C)(CC)CC)cc3)cc2)c2ccccc2)cc1)CC. The molecular weight excluding hydrogens is 681 g/mol. The molecule has 0 amide bonds. The third-order valence-electron chi connectivity index (χ3n) is 11.9. The summed E-state index contributed by atoms with van der Waals surface area (Å²) in [5.41, 5.74) is 13.0. The number of allylic oxidation sites excluding steroid dienone is 1. The molecule has 0 aliphatic heterocycles. The summed E-state index contributed by atoms with van der Waals surface area (Å²) in [6.07, 6.45) is 10.9. The minimum atomic E-state index is 0.116. The van der Waals surface area contributed by atoms with Crippen molar-refractivity contribution in [3.05, 3.63) is 197 Å². The topological polar surface area (TPSA) is 36.3 Å². The van der Waals surface area contributed by atoms with Gasteiger partial charge in [0.15, 0.2) is 0 Å². The monoisotopic (exact) mass is 734 g/mol. The van der Waals surface area contributed by atoms with E-state index in [-0.39, 0.29) is 10.8 Å². The highest BCUT2D eigenvalue weighted by molar-refractivity contribution is 5.92. The molecule has 3 nitrogen and oxygen atoms in total. The van der Waals surface area contributed by atoms with Crippen LogP contribution in [0.4, 0.5) is 17.1 Å². The normalized spacial score (nSPS) is 12.2. The van der Waals surface area contributed by atoms with E-state index in [2.05, 4.69) is 192 Å². The predicted octanol–water partition coefficient (Wildman–Crippen LogP) is 14.9. The van der Waals surface area contributed by atoms with E-state index in [9.17, 15) is 0 Å². The summed E-state index contributed by atoms with van der Waals surface area (Å²) in [7, 11) is 0. The smallest absolute Gasteiger partial charge is 0.292 e. The Balaban J connectivity index is 1.38. The van der Waals surface area contributed by atoms with Crippen molar-refractivity contribution in [2.45, 2.75) is 72.6 Å². The first-order valence-electron chi connectivity index (χ1n) is 20.1. The van der Waals surface area contributed by atoms with Crippen LogP contribution in [0.15, 0.2) is 164 Å². The summed E-state index contributed by atoms with van der Waals surface area (Å²) in [6, 6.07) is 55.9. The second kappa shape index (κ2) is 18.0. The summed E-state index contributed by atoms with van der Waals surface area (Å²) >= 11 is 0. The largest absolute Gasteiger partial charge is 0.388 e. The highest BCUT2D eigenvalue weighted by Gasteiger charge is 2.23. The molecule has 0 radical (unpaired) electrons. The number of nitrogens with zero attached hydrogens (tertiary/aromatic N) is 2. The second-order valence-corrected chi connectivity index (χ2v) is 15.2. The summed E-state index contributed by atoms with van der Waals surface area (Å²) in [5, 5.41) is 9.06. The highest BCUT2D eigenvalue weighted by Crippen LogP contribution is 2.39. The Bertz CT molecular complexity index is 2250. The molecule has 6 aromatic carbocycles. The molecule has 3 heteroatoms. The molecule has 0 aromatic heterocycles. The van der Waals surface area contributed by atoms with E-state index in [1.54, 1.807) is 6.26 Å². The highest BCUT2D eigenvalue weighted by atomic mass is 16.5. The van der Waals surface area contributed by atoms with E-state index in [4.69, 9.17) is 10.00 Å². The number of benzene rings is 6. The van der Waals surface area contributed by atoms with E-state index in [1.165, 1.54) is 27.8 Å². The molecule has 0 atom stereocenters. The molecule has 0 spiro atoms. The molecule has 6 rings (SSSR count). The molecular formula is C53H54N2O. The Kier molecular flexibility index (Phi) is 12.7. The van der Waals surface area contributed by atoms with Crippen LogP contribution in [0.3, 0.4) is 0 Å². The average Bonchev–Trinajstić information content (AvgIpc) is 3.26. The maximum atomic E-state index is 9.06. The molecule has 0 aliphatic carbocycles. The lowest BCUT2D eigenvalue weighted by Gasteiger charge is -2.29. The fraction of sp³-hybridized carbons (Fsp3) is 0.226. The maximum Gasteiger partial charge on any atom is 0.292 e. The Morgan fingerprint density at radius 3 is 1.43 bits per heavy atom. The van der Waals surface area contributed by atoms with Crippen molar-refractivity contribution in [3.63, 3.8) is 0 Å².